The van der Waals surface area contributed by atoms with Gasteiger partial charge in [0.2, 0.25) is 5.91 Å². The maximum absolute atomic E-state index is 12.3. The summed E-state index contributed by atoms with van der Waals surface area (Å²) in [5.74, 6) is -1.23. The molecule has 206 valence electrons. The number of rotatable bonds is 10. The zero-order valence-electron chi connectivity index (χ0n) is 22.5. The zero-order valence-corrected chi connectivity index (χ0v) is 22.5. The van der Waals surface area contributed by atoms with E-state index < -0.39 is 12.1 Å². The van der Waals surface area contributed by atoms with Crippen LogP contribution in [-0.2, 0) is 33.3 Å². The molecule has 0 bridgehead atoms. The second-order valence-corrected chi connectivity index (χ2v) is 10.7. The molecule has 3 rings (SSSR count). The number of ether oxygens (including phenoxy) is 4. The van der Waals surface area contributed by atoms with Crippen molar-refractivity contribution in [1.82, 2.24) is 5.32 Å². The van der Waals surface area contributed by atoms with E-state index in [2.05, 4.69) is 18.3 Å². The summed E-state index contributed by atoms with van der Waals surface area (Å²) in [6.45, 7) is 9.83. The van der Waals surface area contributed by atoms with E-state index in [0.717, 1.165) is 24.8 Å². The molecular weight excluding hydrogens is 478 g/mol. The first-order chi connectivity index (χ1) is 17.4. The lowest BCUT2D eigenvalue weighted by molar-refractivity contribution is -0.144. The Hall–Kier alpha value is -2.49. The number of hydrogen-bond acceptors (Lipinski definition) is 7. The van der Waals surface area contributed by atoms with Gasteiger partial charge in [-0.1, -0.05) is 30.7 Å². The number of carbonyl (C=O) groups excluding carboxylic acids is 2. The fraction of sp³-hybridized carbons (Fsp3) is 0.679. The van der Waals surface area contributed by atoms with Gasteiger partial charge in [-0.3, -0.25) is 14.4 Å². The smallest absolute Gasteiger partial charge is 0.305 e. The van der Waals surface area contributed by atoms with E-state index in [9.17, 15) is 14.4 Å². The number of carbonyl (C=O) groups is 3. The molecule has 3 fully saturated rings. The number of nitrogens with one attached hydrogen (secondary N) is 1. The van der Waals surface area contributed by atoms with Crippen LogP contribution in [0.3, 0.4) is 0 Å². The normalized spacial score (nSPS) is 35.0. The van der Waals surface area contributed by atoms with Crippen LogP contribution in [-0.4, -0.2) is 71.7 Å². The summed E-state index contributed by atoms with van der Waals surface area (Å²) >= 11 is 0. The molecule has 0 radical (unpaired) electrons. The molecule has 8 atom stereocenters. The highest BCUT2D eigenvalue weighted by Gasteiger charge is 2.51. The van der Waals surface area contributed by atoms with Gasteiger partial charge in [-0.2, -0.15) is 0 Å². The molecule has 1 spiro atoms. The Bertz CT molecular complexity index is 921. The summed E-state index contributed by atoms with van der Waals surface area (Å²) in [4.78, 5) is 34.4. The molecule has 1 amide bonds. The minimum absolute atomic E-state index is 0.00942. The van der Waals surface area contributed by atoms with Crippen molar-refractivity contribution in [2.75, 3.05) is 6.61 Å². The van der Waals surface area contributed by atoms with E-state index in [1.165, 1.54) is 13.0 Å². The zero-order chi connectivity index (χ0) is 27.2. The van der Waals surface area contributed by atoms with E-state index in [0.29, 0.717) is 13.0 Å². The Morgan fingerprint density at radius 1 is 1.16 bits per heavy atom. The molecule has 0 aliphatic carbocycles. The molecular formula is C28H41NO8. The van der Waals surface area contributed by atoms with Crippen molar-refractivity contribution >= 4 is 17.8 Å². The lowest BCUT2D eigenvalue weighted by Crippen LogP contribution is -2.50. The first kappa shape index (κ1) is 29.1. The molecule has 3 aliphatic rings. The van der Waals surface area contributed by atoms with E-state index in [1.54, 1.807) is 13.0 Å². The molecule has 9 heteroatoms. The number of amides is 1. The lowest BCUT2D eigenvalue weighted by atomic mass is 9.88. The van der Waals surface area contributed by atoms with Gasteiger partial charge in [0.05, 0.1) is 49.1 Å². The molecule has 2 N–H and O–H groups in total. The topological polar surface area (TPSA) is 124 Å². The number of epoxide rings is 1. The summed E-state index contributed by atoms with van der Waals surface area (Å²) in [6.07, 6.45) is 11.0. The second kappa shape index (κ2) is 12.8. The third-order valence-electron chi connectivity index (χ3n) is 7.16. The predicted octanol–water partition coefficient (Wildman–Crippen LogP) is 3.48. The molecule has 0 aromatic rings. The Balaban J connectivity index is 1.46. The highest BCUT2D eigenvalue weighted by Crippen LogP contribution is 2.43. The number of hydrogen-bond donors (Lipinski definition) is 2. The van der Waals surface area contributed by atoms with Gasteiger partial charge in [-0.25, -0.2) is 0 Å². The standard InChI is InChI=1S/C28H41NO8/c1-17(6-9-22-14-28(16-34-28)15-23(37-22)13-27(32)33)7-10-25-18(2)12-24(20(4)36-25)29-26(31)11-8-19(3)35-21(5)30/h6-9,11,18-20,22-25H,10,12-16H2,1-5H3,(H,29,31)(H,32,33)/b9-6+,11-8-,17-7+/t18-,19-,20+,22+,23?,24+,25-,28+/m0/s1. The van der Waals surface area contributed by atoms with Crippen LogP contribution >= 0.6 is 0 Å². The molecule has 3 aliphatic heterocycles. The van der Waals surface area contributed by atoms with Gasteiger partial charge in [0.1, 0.15) is 6.10 Å². The summed E-state index contributed by atoms with van der Waals surface area (Å²) in [6, 6.07) is -0.100. The van der Waals surface area contributed by atoms with E-state index >= 15 is 0 Å². The van der Waals surface area contributed by atoms with Crippen molar-refractivity contribution in [2.24, 2.45) is 5.92 Å². The second-order valence-electron chi connectivity index (χ2n) is 10.7. The van der Waals surface area contributed by atoms with Crippen molar-refractivity contribution < 1.29 is 38.4 Å². The van der Waals surface area contributed by atoms with Gasteiger partial charge in [0.15, 0.2) is 0 Å². The minimum atomic E-state index is -0.857. The fourth-order valence-electron chi connectivity index (χ4n) is 5.07. The van der Waals surface area contributed by atoms with Gasteiger partial charge in [-0.05, 0) is 45.6 Å². The Morgan fingerprint density at radius 2 is 1.89 bits per heavy atom. The van der Waals surface area contributed by atoms with Crippen molar-refractivity contribution in [3.05, 3.63) is 36.0 Å². The molecule has 37 heavy (non-hydrogen) atoms. The van der Waals surface area contributed by atoms with Crippen molar-refractivity contribution in [1.29, 1.82) is 0 Å². The van der Waals surface area contributed by atoms with Crippen LogP contribution in [0.15, 0.2) is 36.0 Å². The quantitative estimate of drug-likeness (QED) is 0.195. The molecule has 1 unspecified atom stereocenters. The van der Waals surface area contributed by atoms with Gasteiger partial charge in [0.25, 0.3) is 0 Å². The molecule has 0 saturated carbocycles. The monoisotopic (exact) mass is 519 g/mol. The van der Waals surface area contributed by atoms with Gasteiger partial charge in [-0.15, -0.1) is 0 Å². The average molecular weight is 520 g/mol. The van der Waals surface area contributed by atoms with Crippen LogP contribution in [0.2, 0.25) is 0 Å². The van der Waals surface area contributed by atoms with Crippen LogP contribution in [0.5, 0.6) is 0 Å². The third kappa shape index (κ3) is 9.39. The van der Waals surface area contributed by atoms with Crippen LogP contribution in [0.4, 0.5) is 0 Å². The van der Waals surface area contributed by atoms with Crippen LogP contribution in [0.1, 0.15) is 66.7 Å². The molecule has 3 heterocycles. The Morgan fingerprint density at radius 3 is 2.54 bits per heavy atom. The Labute approximate surface area is 219 Å². The average Bonchev–Trinajstić information content (AvgIpc) is 3.54. The highest BCUT2D eigenvalue weighted by molar-refractivity contribution is 5.87. The van der Waals surface area contributed by atoms with E-state index in [4.69, 9.17) is 24.1 Å². The van der Waals surface area contributed by atoms with Crippen LogP contribution < -0.4 is 5.32 Å². The largest absolute Gasteiger partial charge is 0.481 e. The lowest BCUT2D eigenvalue weighted by Gasteiger charge is -2.39. The number of carboxylic acids is 1. The minimum Gasteiger partial charge on any atom is -0.481 e. The van der Waals surface area contributed by atoms with Gasteiger partial charge in [0, 0.05) is 25.8 Å². The summed E-state index contributed by atoms with van der Waals surface area (Å²) in [5.41, 5.74) is 0.870. The van der Waals surface area contributed by atoms with E-state index in [-0.39, 0.29) is 60.3 Å². The van der Waals surface area contributed by atoms with Crippen molar-refractivity contribution in [3.8, 4) is 0 Å². The number of esters is 1. The molecule has 0 aromatic carbocycles. The molecule has 3 saturated heterocycles. The summed E-state index contributed by atoms with van der Waals surface area (Å²) in [5, 5.41) is 12.1. The van der Waals surface area contributed by atoms with Crippen LogP contribution in [0.25, 0.3) is 0 Å². The maximum Gasteiger partial charge on any atom is 0.305 e. The Kier molecular flexibility index (Phi) is 10.1. The number of allylic oxidation sites excluding steroid dienone is 2. The first-order valence-corrected chi connectivity index (χ1v) is 13.1. The predicted molar refractivity (Wildman–Crippen MR) is 137 cm³/mol. The number of carboxylic acid groups (broad SMARTS) is 1. The van der Waals surface area contributed by atoms with E-state index in [1.807, 2.05) is 26.0 Å². The first-order valence-electron chi connectivity index (χ1n) is 13.1. The van der Waals surface area contributed by atoms with Crippen molar-refractivity contribution in [2.45, 2.75) is 109 Å². The highest BCUT2D eigenvalue weighted by atomic mass is 16.6. The number of aliphatic carboxylic acids is 1. The molecule has 9 nitrogen and oxygen atoms in total. The van der Waals surface area contributed by atoms with Gasteiger partial charge >= 0.3 is 11.9 Å². The SMILES string of the molecule is CC(=O)O[C@@H](C)/C=C\C(=O)N[C@@H]1C[C@H](C)[C@H](C/C=C(C)/C=C/[C@@H]2C[C@]3(CO3)CC(CC(=O)O)O2)O[C@@H]1C. The van der Waals surface area contributed by atoms with Crippen molar-refractivity contribution in [3.63, 3.8) is 0 Å². The fourth-order valence-corrected chi connectivity index (χ4v) is 5.07. The third-order valence-corrected chi connectivity index (χ3v) is 7.16. The summed E-state index contributed by atoms with van der Waals surface area (Å²) < 4.78 is 22.8. The molecule has 0 aromatic heterocycles. The van der Waals surface area contributed by atoms with Gasteiger partial charge < -0.3 is 29.4 Å². The maximum atomic E-state index is 12.3. The van der Waals surface area contributed by atoms with Crippen LogP contribution in [0, 0.1) is 5.92 Å². The summed E-state index contributed by atoms with van der Waals surface area (Å²) in [7, 11) is 0.